The van der Waals surface area contributed by atoms with E-state index in [0.717, 1.165) is 23.4 Å². The first-order valence-electron chi connectivity index (χ1n) is 6.38. The molecule has 0 spiro atoms. The number of rotatable bonds is 3. The fourth-order valence-corrected chi connectivity index (χ4v) is 2.11. The number of carbonyl (C=O) groups excluding carboxylic acids is 1. The molecule has 1 aromatic rings. The average Bonchev–Trinajstić information content (AvgIpc) is 2.50. The van der Waals surface area contributed by atoms with Crippen LogP contribution in [0.2, 0.25) is 0 Å². The van der Waals surface area contributed by atoms with Crippen molar-refractivity contribution in [2.45, 2.75) is 32.8 Å². The number of benzene rings is 1. The summed E-state index contributed by atoms with van der Waals surface area (Å²) in [4.78, 5) is 13.8. The smallest absolute Gasteiger partial charge is 0.230 e. The van der Waals surface area contributed by atoms with Crippen LogP contribution in [-0.4, -0.2) is 24.2 Å². The third-order valence-electron chi connectivity index (χ3n) is 3.08. The Bertz CT molecular complexity index is 443. The molecule has 0 radical (unpaired) electrons. The molecule has 1 atom stereocenters. The molecule has 1 aliphatic heterocycles. The van der Waals surface area contributed by atoms with Gasteiger partial charge in [0.2, 0.25) is 5.91 Å². The normalized spacial score (nSPS) is 16.8. The molecule has 0 aliphatic carbocycles. The van der Waals surface area contributed by atoms with Crippen LogP contribution < -0.4 is 9.64 Å². The van der Waals surface area contributed by atoms with Gasteiger partial charge < -0.3 is 14.7 Å². The highest BCUT2D eigenvalue weighted by Gasteiger charge is 2.23. The van der Waals surface area contributed by atoms with Gasteiger partial charge in [-0.15, -0.1) is 0 Å². The van der Waals surface area contributed by atoms with Gasteiger partial charge in [0.25, 0.3) is 0 Å². The second kappa shape index (κ2) is 5.40. The SMILES string of the molecule is CCCN1C(=O)CCOc2ccc(C(C)O)cc21. The highest BCUT2D eigenvalue weighted by atomic mass is 16.5. The number of aliphatic hydroxyl groups excluding tert-OH is 1. The lowest BCUT2D eigenvalue weighted by molar-refractivity contribution is -0.118. The van der Waals surface area contributed by atoms with Crippen molar-refractivity contribution in [1.29, 1.82) is 0 Å². The highest BCUT2D eigenvalue weighted by Crippen LogP contribution is 2.34. The van der Waals surface area contributed by atoms with Crippen molar-refractivity contribution in [1.82, 2.24) is 0 Å². The summed E-state index contributed by atoms with van der Waals surface area (Å²) < 4.78 is 5.59. The summed E-state index contributed by atoms with van der Waals surface area (Å²) in [7, 11) is 0. The van der Waals surface area contributed by atoms with Crippen molar-refractivity contribution < 1.29 is 14.6 Å². The molecule has 0 saturated carbocycles. The lowest BCUT2D eigenvalue weighted by Gasteiger charge is -2.22. The van der Waals surface area contributed by atoms with Crippen LogP contribution in [0.5, 0.6) is 5.75 Å². The van der Waals surface area contributed by atoms with Crippen LogP contribution in [-0.2, 0) is 4.79 Å². The Kier molecular flexibility index (Phi) is 3.87. The van der Waals surface area contributed by atoms with E-state index >= 15 is 0 Å². The van der Waals surface area contributed by atoms with E-state index in [1.54, 1.807) is 11.8 Å². The maximum atomic E-state index is 12.0. The Hall–Kier alpha value is -1.55. The molecule has 0 fully saturated rings. The maximum absolute atomic E-state index is 12.0. The van der Waals surface area contributed by atoms with Crippen LogP contribution in [0.25, 0.3) is 0 Å². The van der Waals surface area contributed by atoms with Gasteiger partial charge in [-0.2, -0.15) is 0 Å². The first-order valence-corrected chi connectivity index (χ1v) is 6.38. The van der Waals surface area contributed by atoms with E-state index in [1.165, 1.54) is 0 Å². The van der Waals surface area contributed by atoms with E-state index in [4.69, 9.17) is 4.74 Å². The van der Waals surface area contributed by atoms with Crippen molar-refractivity contribution in [3.05, 3.63) is 23.8 Å². The average molecular weight is 249 g/mol. The second-order valence-corrected chi connectivity index (χ2v) is 4.55. The molecule has 1 amide bonds. The number of aliphatic hydroxyl groups is 1. The van der Waals surface area contributed by atoms with Gasteiger partial charge in [-0.1, -0.05) is 13.0 Å². The molecular weight excluding hydrogens is 230 g/mol. The molecule has 18 heavy (non-hydrogen) atoms. The molecule has 0 saturated heterocycles. The zero-order chi connectivity index (χ0) is 13.1. The van der Waals surface area contributed by atoms with Crippen molar-refractivity contribution in [2.24, 2.45) is 0 Å². The summed E-state index contributed by atoms with van der Waals surface area (Å²) in [6.45, 7) is 4.85. The molecule has 1 N–H and O–H groups in total. The summed E-state index contributed by atoms with van der Waals surface area (Å²) in [5.41, 5.74) is 1.57. The number of carbonyl (C=O) groups is 1. The maximum Gasteiger partial charge on any atom is 0.230 e. The van der Waals surface area contributed by atoms with Gasteiger partial charge in [0.1, 0.15) is 5.75 Å². The van der Waals surface area contributed by atoms with Crippen LogP contribution in [0.4, 0.5) is 5.69 Å². The number of hydrogen-bond donors (Lipinski definition) is 1. The van der Waals surface area contributed by atoms with Crippen molar-refractivity contribution in [3.63, 3.8) is 0 Å². The first kappa shape index (κ1) is 12.9. The predicted molar refractivity (Wildman–Crippen MR) is 69.8 cm³/mol. The topological polar surface area (TPSA) is 49.8 Å². The molecule has 1 heterocycles. The van der Waals surface area contributed by atoms with Crippen molar-refractivity contribution >= 4 is 11.6 Å². The van der Waals surface area contributed by atoms with Gasteiger partial charge in [-0.25, -0.2) is 0 Å². The molecule has 1 unspecified atom stereocenters. The van der Waals surface area contributed by atoms with E-state index in [2.05, 4.69) is 0 Å². The summed E-state index contributed by atoms with van der Waals surface area (Å²) >= 11 is 0. The predicted octanol–water partition coefficient (Wildman–Crippen LogP) is 2.27. The van der Waals surface area contributed by atoms with Gasteiger partial charge in [-0.05, 0) is 31.0 Å². The third kappa shape index (κ3) is 2.48. The van der Waals surface area contributed by atoms with Crippen molar-refractivity contribution in [3.8, 4) is 5.75 Å². The summed E-state index contributed by atoms with van der Waals surface area (Å²) in [6, 6.07) is 5.51. The zero-order valence-electron chi connectivity index (χ0n) is 10.8. The summed E-state index contributed by atoms with van der Waals surface area (Å²) in [5, 5.41) is 9.63. The van der Waals surface area contributed by atoms with Crippen molar-refractivity contribution in [2.75, 3.05) is 18.1 Å². The van der Waals surface area contributed by atoms with E-state index in [0.29, 0.717) is 19.6 Å². The van der Waals surface area contributed by atoms with Crippen LogP contribution >= 0.6 is 0 Å². The Balaban J connectivity index is 2.44. The summed E-state index contributed by atoms with van der Waals surface area (Å²) in [6.07, 6.45) is 0.750. The minimum Gasteiger partial charge on any atom is -0.491 e. The number of fused-ring (bicyclic) bond motifs is 1. The lowest BCUT2D eigenvalue weighted by Crippen LogP contribution is -2.30. The third-order valence-corrected chi connectivity index (χ3v) is 3.08. The minimum atomic E-state index is -0.544. The Morgan fingerprint density at radius 1 is 1.50 bits per heavy atom. The number of amides is 1. The molecule has 0 bridgehead atoms. The summed E-state index contributed by atoms with van der Waals surface area (Å²) in [5.74, 6) is 0.803. The number of hydrogen-bond acceptors (Lipinski definition) is 3. The number of ether oxygens (including phenoxy) is 1. The molecule has 2 rings (SSSR count). The Morgan fingerprint density at radius 3 is 2.94 bits per heavy atom. The van der Waals surface area contributed by atoms with Gasteiger partial charge in [0.05, 0.1) is 24.8 Å². The fraction of sp³-hybridized carbons (Fsp3) is 0.500. The molecule has 1 aromatic carbocycles. The fourth-order valence-electron chi connectivity index (χ4n) is 2.11. The minimum absolute atomic E-state index is 0.0818. The number of anilines is 1. The van der Waals surface area contributed by atoms with Crippen LogP contribution in [0.3, 0.4) is 0 Å². The Morgan fingerprint density at radius 2 is 2.28 bits per heavy atom. The molecule has 0 aromatic heterocycles. The monoisotopic (exact) mass is 249 g/mol. The van der Waals surface area contributed by atoms with E-state index in [9.17, 15) is 9.90 Å². The van der Waals surface area contributed by atoms with E-state index in [1.807, 2.05) is 25.1 Å². The van der Waals surface area contributed by atoms with Gasteiger partial charge in [0.15, 0.2) is 0 Å². The number of nitrogens with zero attached hydrogens (tertiary/aromatic N) is 1. The molecule has 4 heteroatoms. The Labute approximate surface area is 107 Å². The molecule has 1 aliphatic rings. The lowest BCUT2D eigenvalue weighted by atomic mass is 10.1. The van der Waals surface area contributed by atoms with E-state index in [-0.39, 0.29) is 5.91 Å². The molecule has 98 valence electrons. The van der Waals surface area contributed by atoms with Gasteiger partial charge >= 0.3 is 0 Å². The van der Waals surface area contributed by atoms with E-state index < -0.39 is 6.10 Å². The van der Waals surface area contributed by atoms with Gasteiger partial charge in [-0.3, -0.25) is 4.79 Å². The second-order valence-electron chi connectivity index (χ2n) is 4.55. The molecular formula is C14H19NO3. The van der Waals surface area contributed by atoms with Crippen LogP contribution in [0.15, 0.2) is 18.2 Å². The molecule has 4 nitrogen and oxygen atoms in total. The van der Waals surface area contributed by atoms with Crippen LogP contribution in [0, 0.1) is 0 Å². The van der Waals surface area contributed by atoms with Crippen LogP contribution in [0.1, 0.15) is 38.4 Å². The van der Waals surface area contributed by atoms with Gasteiger partial charge in [0, 0.05) is 6.54 Å². The quantitative estimate of drug-likeness (QED) is 0.894. The largest absolute Gasteiger partial charge is 0.491 e. The first-order chi connectivity index (χ1) is 8.63. The highest BCUT2D eigenvalue weighted by molar-refractivity contribution is 5.95. The zero-order valence-corrected chi connectivity index (χ0v) is 10.8. The standard InChI is InChI=1S/C14H19NO3/c1-3-7-15-12-9-11(10(2)16)4-5-13(12)18-8-6-14(15)17/h4-5,9-10,16H,3,6-8H2,1-2H3.